The number of nitrogens with zero attached hydrogens (tertiary/aromatic N) is 3. The van der Waals surface area contributed by atoms with Gasteiger partial charge >= 0.3 is 0 Å². The molecule has 0 saturated carbocycles. The molecule has 106 valence electrons. The Labute approximate surface area is 122 Å². The van der Waals surface area contributed by atoms with Gasteiger partial charge < -0.3 is 14.5 Å². The number of aromatic amines is 1. The average molecular weight is 280 g/mol. The highest BCUT2D eigenvalue weighted by Gasteiger charge is 2.29. The van der Waals surface area contributed by atoms with E-state index >= 15 is 0 Å². The van der Waals surface area contributed by atoms with E-state index in [9.17, 15) is 4.79 Å². The van der Waals surface area contributed by atoms with Crippen molar-refractivity contribution in [2.24, 2.45) is 0 Å². The molecule has 2 aromatic heterocycles. The zero-order valence-corrected chi connectivity index (χ0v) is 11.8. The molecular formula is C16H16N4O. The Hall–Kier alpha value is -2.56. The summed E-state index contributed by atoms with van der Waals surface area (Å²) in [5.74, 6) is 1.12. The van der Waals surface area contributed by atoms with Crippen LogP contribution in [0.5, 0.6) is 0 Å². The molecule has 1 aliphatic rings. The molecular weight excluding hydrogens is 264 g/mol. The van der Waals surface area contributed by atoms with Crippen LogP contribution in [0, 0.1) is 0 Å². The van der Waals surface area contributed by atoms with Gasteiger partial charge in [-0.25, -0.2) is 4.98 Å². The van der Waals surface area contributed by atoms with Crippen LogP contribution in [0.3, 0.4) is 0 Å². The predicted octanol–water partition coefficient (Wildman–Crippen LogP) is 2.43. The molecule has 1 atom stereocenters. The van der Waals surface area contributed by atoms with Crippen LogP contribution < -0.4 is 0 Å². The third-order valence-electron chi connectivity index (χ3n) is 4.22. The molecule has 0 bridgehead atoms. The Balaban J connectivity index is 1.82. The van der Waals surface area contributed by atoms with Crippen molar-refractivity contribution in [3.05, 3.63) is 42.9 Å². The van der Waals surface area contributed by atoms with E-state index in [-0.39, 0.29) is 11.9 Å². The van der Waals surface area contributed by atoms with Crippen molar-refractivity contribution in [3.63, 3.8) is 0 Å². The topological polar surface area (TPSA) is 53.9 Å². The van der Waals surface area contributed by atoms with Crippen LogP contribution in [-0.4, -0.2) is 38.9 Å². The zero-order chi connectivity index (χ0) is 14.4. The fourth-order valence-electron chi connectivity index (χ4n) is 3.12. The molecule has 21 heavy (non-hydrogen) atoms. The van der Waals surface area contributed by atoms with Crippen LogP contribution in [0.2, 0.25) is 0 Å². The predicted molar refractivity (Wildman–Crippen MR) is 80.8 cm³/mol. The number of nitrogens with one attached hydrogen (secondary N) is 1. The number of likely N-dealkylation sites (tertiary alicyclic amines) is 1. The zero-order valence-electron chi connectivity index (χ0n) is 11.8. The van der Waals surface area contributed by atoms with Gasteiger partial charge in [0, 0.05) is 55.1 Å². The molecule has 1 unspecified atom stereocenters. The first-order valence-corrected chi connectivity index (χ1v) is 7.07. The lowest BCUT2D eigenvalue weighted by Crippen LogP contribution is -2.19. The maximum atomic E-state index is 11.8. The van der Waals surface area contributed by atoms with Crippen molar-refractivity contribution in [1.29, 1.82) is 0 Å². The molecule has 1 fully saturated rings. The Bertz CT molecular complexity index is 816. The number of carbonyl (C=O) groups excluding carboxylic acids is 1. The van der Waals surface area contributed by atoms with Gasteiger partial charge in [-0.1, -0.05) is 12.1 Å². The van der Waals surface area contributed by atoms with Gasteiger partial charge in [0.05, 0.1) is 6.04 Å². The fraction of sp³-hybridized carbons (Fsp3) is 0.250. The summed E-state index contributed by atoms with van der Waals surface area (Å²) in [7, 11) is 1.85. The van der Waals surface area contributed by atoms with E-state index < -0.39 is 0 Å². The summed E-state index contributed by atoms with van der Waals surface area (Å²) in [6.45, 7) is 0.741. The van der Waals surface area contributed by atoms with Crippen LogP contribution >= 0.6 is 0 Å². The number of H-pyrrole nitrogens is 1. The second-order valence-corrected chi connectivity index (χ2v) is 5.53. The largest absolute Gasteiger partial charge is 0.361 e. The van der Waals surface area contributed by atoms with Gasteiger partial charge in [0.25, 0.3) is 0 Å². The molecule has 3 aromatic rings. The number of fused-ring (bicyclic) bond motifs is 1. The van der Waals surface area contributed by atoms with E-state index in [2.05, 4.69) is 32.7 Å². The van der Waals surface area contributed by atoms with E-state index in [1.54, 1.807) is 4.90 Å². The lowest BCUT2D eigenvalue weighted by Gasteiger charge is -2.15. The standard InChI is InChI=1S/C16H16N4O/c1-19-10-11(9-15(19)21)20-8-7-18-16(20)13-3-2-4-14-12(13)5-6-17-14/h2-8,11,17H,9-10H2,1H3. The second kappa shape index (κ2) is 4.48. The highest BCUT2D eigenvalue weighted by atomic mass is 16.2. The number of carbonyl (C=O) groups is 1. The highest BCUT2D eigenvalue weighted by Crippen LogP contribution is 2.31. The quantitative estimate of drug-likeness (QED) is 0.784. The maximum Gasteiger partial charge on any atom is 0.224 e. The van der Waals surface area contributed by atoms with E-state index in [1.807, 2.05) is 31.7 Å². The fourth-order valence-corrected chi connectivity index (χ4v) is 3.12. The number of benzene rings is 1. The SMILES string of the molecule is CN1CC(n2ccnc2-c2cccc3[nH]ccc23)CC1=O. The van der Waals surface area contributed by atoms with Gasteiger partial charge in [0.1, 0.15) is 5.82 Å². The molecule has 1 N–H and O–H groups in total. The molecule has 5 nitrogen and oxygen atoms in total. The highest BCUT2D eigenvalue weighted by molar-refractivity contribution is 5.93. The Morgan fingerprint density at radius 2 is 2.24 bits per heavy atom. The first-order chi connectivity index (χ1) is 10.2. The van der Waals surface area contributed by atoms with Crippen molar-refractivity contribution >= 4 is 16.8 Å². The first kappa shape index (κ1) is 12.2. The number of aromatic nitrogens is 3. The molecule has 0 spiro atoms. The van der Waals surface area contributed by atoms with Gasteiger partial charge in [-0.2, -0.15) is 0 Å². The Morgan fingerprint density at radius 3 is 3.05 bits per heavy atom. The minimum absolute atomic E-state index is 0.161. The number of hydrogen-bond donors (Lipinski definition) is 1. The summed E-state index contributed by atoms with van der Waals surface area (Å²) in [5.41, 5.74) is 2.20. The number of hydrogen-bond acceptors (Lipinski definition) is 2. The number of amides is 1. The first-order valence-electron chi connectivity index (χ1n) is 7.07. The lowest BCUT2D eigenvalue weighted by molar-refractivity contribution is -0.126. The van der Waals surface area contributed by atoms with Crippen molar-refractivity contribution < 1.29 is 4.79 Å². The average Bonchev–Trinajstić information content (AvgIpc) is 3.19. The number of imidazole rings is 1. The molecule has 0 radical (unpaired) electrons. The molecule has 1 amide bonds. The molecule has 1 saturated heterocycles. The van der Waals surface area contributed by atoms with Crippen LogP contribution in [0.25, 0.3) is 22.3 Å². The Kier molecular flexibility index (Phi) is 2.60. The lowest BCUT2D eigenvalue weighted by atomic mass is 10.1. The van der Waals surface area contributed by atoms with Gasteiger partial charge in [-0.15, -0.1) is 0 Å². The van der Waals surface area contributed by atoms with Crippen molar-refractivity contribution in [1.82, 2.24) is 19.4 Å². The van der Waals surface area contributed by atoms with E-state index in [1.165, 1.54) is 0 Å². The Morgan fingerprint density at radius 1 is 1.33 bits per heavy atom. The number of likely N-dealkylation sites (N-methyl/N-ethyl adjacent to an activating group) is 1. The van der Waals surface area contributed by atoms with Crippen LogP contribution in [0.4, 0.5) is 0 Å². The third-order valence-corrected chi connectivity index (χ3v) is 4.22. The van der Waals surface area contributed by atoms with E-state index in [0.717, 1.165) is 28.8 Å². The normalized spacial score (nSPS) is 18.8. The minimum Gasteiger partial charge on any atom is -0.361 e. The second-order valence-electron chi connectivity index (χ2n) is 5.53. The van der Waals surface area contributed by atoms with Gasteiger partial charge in [0.15, 0.2) is 0 Å². The van der Waals surface area contributed by atoms with Crippen molar-refractivity contribution in [2.45, 2.75) is 12.5 Å². The van der Waals surface area contributed by atoms with E-state index in [4.69, 9.17) is 0 Å². The molecule has 1 aliphatic heterocycles. The van der Waals surface area contributed by atoms with Crippen LogP contribution in [0.1, 0.15) is 12.5 Å². The van der Waals surface area contributed by atoms with E-state index in [0.29, 0.717) is 6.42 Å². The van der Waals surface area contributed by atoms with Gasteiger partial charge in [-0.3, -0.25) is 4.79 Å². The molecule has 1 aromatic carbocycles. The molecule has 4 rings (SSSR count). The van der Waals surface area contributed by atoms with Crippen molar-refractivity contribution in [3.8, 4) is 11.4 Å². The summed E-state index contributed by atoms with van der Waals surface area (Å²) >= 11 is 0. The maximum absolute atomic E-state index is 11.8. The summed E-state index contributed by atoms with van der Waals surface area (Å²) in [6, 6.07) is 8.39. The minimum atomic E-state index is 0.161. The van der Waals surface area contributed by atoms with Crippen LogP contribution in [-0.2, 0) is 4.79 Å². The van der Waals surface area contributed by atoms with Crippen molar-refractivity contribution in [2.75, 3.05) is 13.6 Å². The summed E-state index contributed by atoms with van der Waals surface area (Å²) < 4.78 is 2.13. The monoisotopic (exact) mass is 280 g/mol. The van der Waals surface area contributed by atoms with Crippen LogP contribution in [0.15, 0.2) is 42.9 Å². The van der Waals surface area contributed by atoms with Gasteiger partial charge in [-0.05, 0) is 12.1 Å². The smallest absolute Gasteiger partial charge is 0.224 e. The summed E-state index contributed by atoms with van der Waals surface area (Å²) in [5, 5.41) is 1.16. The summed E-state index contributed by atoms with van der Waals surface area (Å²) in [4.78, 5) is 21.3. The van der Waals surface area contributed by atoms with Gasteiger partial charge in [0.2, 0.25) is 5.91 Å². The molecule has 0 aliphatic carbocycles. The number of rotatable bonds is 2. The summed E-state index contributed by atoms with van der Waals surface area (Å²) in [6.07, 6.45) is 6.26. The molecule has 3 heterocycles. The molecule has 5 heteroatoms. The third kappa shape index (κ3) is 1.85.